The Hall–Kier alpha value is -1.41. The van der Waals surface area contributed by atoms with Gasteiger partial charge >= 0.3 is 0 Å². The van der Waals surface area contributed by atoms with Crippen LogP contribution in [0.3, 0.4) is 0 Å². The molecule has 0 unspecified atom stereocenters. The topological polar surface area (TPSA) is 17.1 Å². The van der Waals surface area contributed by atoms with Crippen molar-refractivity contribution < 1.29 is 4.21 Å². The first-order valence-electron chi connectivity index (χ1n) is 5.68. The van der Waals surface area contributed by atoms with Crippen LogP contribution in [0.2, 0.25) is 0 Å². The molecule has 1 aliphatic rings. The van der Waals surface area contributed by atoms with Gasteiger partial charge in [-0.1, -0.05) is 48.5 Å². The van der Waals surface area contributed by atoms with E-state index in [2.05, 4.69) is 31.2 Å². The maximum atomic E-state index is 12.2. The Balaban J connectivity index is 2.43. The van der Waals surface area contributed by atoms with Gasteiger partial charge in [0, 0.05) is 17.1 Å². The normalized spacial score (nSPS) is 17.3. The van der Waals surface area contributed by atoms with Gasteiger partial charge in [-0.05, 0) is 29.2 Å². The molecule has 86 valence electrons. The van der Waals surface area contributed by atoms with Crippen molar-refractivity contribution >= 4 is 10.8 Å². The van der Waals surface area contributed by atoms with Gasteiger partial charge in [-0.25, -0.2) is 0 Å². The van der Waals surface area contributed by atoms with E-state index in [-0.39, 0.29) is 4.75 Å². The quantitative estimate of drug-likeness (QED) is 0.750. The fourth-order valence-corrected chi connectivity index (χ4v) is 3.70. The molecule has 2 heteroatoms. The largest absolute Gasteiger partial charge is 0.259 e. The summed E-state index contributed by atoms with van der Waals surface area (Å²) >= 11 is 0. The highest BCUT2D eigenvalue weighted by atomic mass is 32.2. The number of hydrogen-bond acceptors (Lipinski definition) is 1. The molecular formula is C15H14OS. The molecule has 2 aromatic carbocycles. The minimum absolute atomic E-state index is 0.368. The molecule has 3 rings (SSSR count). The van der Waals surface area contributed by atoms with Crippen LogP contribution in [0, 0.1) is 0 Å². The van der Waals surface area contributed by atoms with E-state index in [1.165, 1.54) is 22.3 Å². The van der Waals surface area contributed by atoms with Crippen LogP contribution in [0.4, 0.5) is 0 Å². The van der Waals surface area contributed by atoms with Gasteiger partial charge in [0.15, 0.2) is 0 Å². The van der Waals surface area contributed by atoms with E-state index < -0.39 is 10.8 Å². The van der Waals surface area contributed by atoms with Crippen molar-refractivity contribution in [3.63, 3.8) is 0 Å². The molecule has 1 aliphatic carbocycles. The standard InChI is InChI=1S/C15H14OS/c1-15(17(2)16)13-9-5-3-7-11(13)12-8-4-6-10-14(12)15/h3-10H,1-2H3/t17-/m1/s1. The van der Waals surface area contributed by atoms with E-state index in [0.717, 1.165) is 0 Å². The first-order chi connectivity index (χ1) is 8.15. The lowest BCUT2D eigenvalue weighted by molar-refractivity contribution is 0.663. The molecule has 0 bridgehead atoms. The molecule has 17 heavy (non-hydrogen) atoms. The molecule has 0 saturated heterocycles. The number of rotatable bonds is 1. The molecule has 0 fully saturated rings. The van der Waals surface area contributed by atoms with Crippen LogP contribution in [-0.4, -0.2) is 10.5 Å². The second kappa shape index (κ2) is 3.54. The maximum absolute atomic E-state index is 12.2. The zero-order valence-corrected chi connectivity index (χ0v) is 10.8. The van der Waals surface area contributed by atoms with Gasteiger partial charge in [-0.15, -0.1) is 0 Å². The predicted molar refractivity (Wildman–Crippen MR) is 72.4 cm³/mol. The molecule has 0 spiro atoms. The van der Waals surface area contributed by atoms with E-state index in [4.69, 9.17) is 0 Å². The average Bonchev–Trinajstić information content (AvgIpc) is 2.63. The molecule has 0 radical (unpaired) electrons. The van der Waals surface area contributed by atoms with Gasteiger partial charge < -0.3 is 0 Å². The highest BCUT2D eigenvalue weighted by molar-refractivity contribution is 7.85. The van der Waals surface area contributed by atoms with Crippen molar-refractivity contribution in [2.24, 2.45) is 0 Å². The van der Waals surface area contributed by atoms with E-state index in [1.807, 2.05) is 24.3 Å². The first-order valence-corrected chi connectivity index (χ1v) is 7.24. The number of fused-ring (bicyclic) bond motifs is 3. The van der Waals surface area contributed by atoms with Crippen LogP contribution in [0.25, 0.3) is 11.1 Å². The van der Waals surface area contributed by atoms with E-state index >= 15 is 0 Å². The molecule has 0 amide bonds. The summed E-state index contributed by atoms with van der Waals surface area (Å²) in [5, 5.41) is 0. The first kappa shape index (κ1) is 10.7. The van der Waals surface area contributed by atoms with Crippen molar-refractivity contribution in [3.05, 3.63) is 59.7 Å². The number of hydrogen-bond donors (Lipinski definition) is 0. The Bertz CT molecular complexity index is 570. The Morgan fingerprint density at radius 2 is 1.29 bits per heavy atom. The summed E-state index contributed by atoms with van der Waals surface area (Å²) in [5.74, 6) is 0. The van der Waals surface area contributed by atoms with Crippen molar-refractivity contribution in [2.45, 2.75) is 11.7 Å². The van der Waals surface area contributed by atoms with Crippen molar-refractivity contribution in [3.8, 4) is 11.1 Å². The van der Waals surface area contributed by atoms with Crippen molar-refractivity contribution in [1.29, 1.82) is 0 Å². The Morgan fingerprint density at radius 1 is 0.882 bits per heavy atom. The molecule has 1 nitrogen and oxygen atoms in total. The molecule has 2 aromatic rings. The summed E-state index contributed by atoms with van der Waals surface area (Å²) in [7, 11) is -0.929. The second-order valence-corrected chi connectivity index (χ2v) is 6.30. The summed E-state index contributed by atoms with van der Waals surface area (Å²) < 4.78 is 11.8. The lowest BCUT2D eigenvalue weighted by Gasteiger charge is -2.24. The summed E-state index contributed by atoms with van der Waals surface area (Å²) in [6.07, 6.45) is 1.79. The van der Waals surface area contributed by atoms with Gasteiger partial charge in [0.25, 0.3) is 0 Å². The van der Waals surface area contributed by atoms with Crippen LogP contribution in [0.1, 0.15) is 18.1 Å². The van der Waals surface area contributed by atoms with Crippen LogP contribution >= 0.6 is 0 Å². The molecule has 0 N–H and O–H groups in total. The molecular weight excluding hydrogens is 228 g/mol. The van der Waals surface area contributed by atoms with Crippen LogP contribution in [0.15, 0.2) is 48.5 Å². The third-order valence-corrected chi connectivity index (χ3v) is 5.34. The SMILES string of the molecule is C[S@@](=O)C1(C)c2ccccc2-c2ccccc21. The Morgan fingerprint density at radius 3 is 1.71 bits per heavy atom. The lowest BCUT2D eigenvalue weighted by Crippen LogP contribution is -2.25. The highest BCUT2D eigenvalue weighted by Crippen LogP contribution is 2.49. The van der Waals surface area contributed by atoms with E-state index in [1.54, 1.807) is 6.26 Å². The second-order valence-electron chi connectivity index (χ2n) is 4.58. The fraction of sp³-hybridized carbons (Fsp3) is 0.200. The predicted octanol–water partition coefficient (Wildman–Crippen LogP) is 3.31. The monoisotopic (exact) mass is 242 g/mol. The Labute approximate surface area is 104 Å². The smallest absolute Gasteiger partial charge is 0.0936 e. The van der Waals surface area contributed by atoms with Crippen LogP contribution < -0.4 is 0 Å². The third kappa shape index (κ3) is 1.27. The highest BCUT2D eigenvalue weighted by Gasteiger charge is 2.41. The zero-order chi connectivity index (χ0) is 12.0. The van der Waals surface area contributed by atoms with Crippen LogP contribution in [-0.2, 0) is 15.5 Å². The van der Waals surface area contributed by atoms with E-state index in [0.29, 0.717) is 0 Å². The zero-order valence-electron chi connectivity index (χ0n) is 9.94. The van der Waals surface area contributed by atoms with Gasteiger partial charge in [0.2, 0.25) is 0 Å². The van der Waals surface area contributed by atoms with Crippen LogP contribution in [0.5, 0.6) is 0 Å². The van der Waals surface area contributed by atoms with Crippen molar-refractivity contribution in [2.75, 3.05) is 6.26 Å². The average molecular weight is 242 g/mol. The molecule has 0 aliphatic heterocycles. The van der Waals surface area contributed by atoms with Gasteiger partial charge in [-0.3, -0.25) is 4.21 Å². The van der Waals surface area contributed by atoms with Gasteiger partial charge in [0.1, 0.15) is 0 Å². The Kier molecular flexibility index (Phi) is 2.23. The molecule has 0 heterocycles. The fourth-order valence-electron chi connectivity index (χ4n) is 2.72. The summed E-state index contributed by atoms with van der Waals surface area (Å²) in [4.78, 5) is 0. The summed E-state index contributed by atoms with van der Waals surface area (Å²) in [6, 6.07) is 16.6. The third-order valence-electron chi connectivity index (χ3n) is 3.75. The van der Waals surface area contributed by atoms with Gasteiger partial charge in [0.05, 0.1) is 4.75 Å². The summed E-state index contributed by atoms with van der Waals surface area (Å²) in [6.45, 7) is 2.08. The van der Waals surface area contributed by atoms with Crippen molar-refractivity contribution in [1.82, 2.24) is 0 Å². The molecule has 1 atom stereocenters. The van der Waals surface area contributed by atoms with E-state index in [9.17, 15) is 4.21 Å². The number of benzene rings is 2. The molecule has 0 aromatic heterocycles. The minimum Gasteiger partial charge on any atom is -0.259 e. The maximum Gasteiger partial charge on any atom is 0.0936 e. The lowest BCUT2D eigenvalue weighted by atomic mass is 9.98. The summed E-state index contributed by atoms with van der Waals surface area (Å²) in [5.41, 5.74) is 4.81. The minimum atomic E-state index is -0.929. The van der Waals surface area contributed by atoms with Gasteiger partial charge in [-0.2, -0.15) is 0 Å². The molecule has 0 saturated carbocycles.